The Bertz CT molecular complexity index is 370. The molecule has 0 atom stereocenters. The van der Waals surface area contributed by atoms with Gasteiger partial charge in [-0.3, -0.25) is 4.79 Å². The van der Waals surface area contributed by atoms with Crippen molar-refractivity contribution in [1.82, 2.24) is 4.90 Å². The van der Waals surface area contributed by atoms with Crippen LogP contribution in [0.1, 0.15) is 6.42 Å². The molecule has 0 spiro atoms. The highest BCUT2D eigenvalue weighted by molar-refractivity contribution is 6.00. The third kappa shape index (κ3) is 4.17. The number of methoxy groups -OCH3 is 1. The molecule has 1 heterocycles. The summed E-state index contributed by atoms with van der Waals surface area (Å²) in [5, 5.41) is 8.62. The van der Waals surface area contributed by atoms with Crippen LogP contribution in [0.5, 0.6) is 0 Å². The van der Waals surface area contributed by atoms with Crippen molar-refractivity contribution in [2.75, 3.05) is 33.4 Å². The van der Waals surface area contributed by atoms with Gasteiger partial charge in [0.1, 0.15) is 0 Å². The zero-order valence-corrected chi connectivity index (χ0v) is 10.0. The Morgan fingerprint density at radius 2 is 1.94 bits per heavy atom. The maximum Gasteiger partial charge on any atom is 0.334 e. The van der Waals surface area contributed by atoms with Crippen molar-refractivity contribution in [3.05, 3.63) is 11.6 Å². The molecule has 1 aliphatic rings. The van der Waals surface area contributed by atoms with Crippen LogP contribution >= 0.6 is 0 Å². The minimum Gasteiger partial charge on any atom is -0.478 e. The van der Waals surface area contributed by atoms with E-state index in [4.69, 9.17) is 9.84 Å². The maximum absolute atomic E-state index is 11.8. The van der Waals surface area contributed by atoms with E-state index in [9.17, 15) is 14.4 Å². The summed E-state index contributed by atoms with van der Waals surface area (Å²) in [6.45, 7) is 1.78. The second-order valence-corrected chi connectivity index (χ2v) is 3.67. The second kappa shape index (κ2) is 6.75. The number of carboxylic acids is 1. The first-order chi connectivity index (χ1) is 8.54. The minimum atomic E-state index is -1.29. The summed E-state index contributed by atoms with van der Waals surface area (Å²) in [6.07, 6.45) is 0.420. The average Bonchev–Trinajstić information content (AvgIpc) is 2.37. The van der Waals surface area contributed by atoms with Gasteiger partial charge in [0.2, 0.25) is 5.91 Å². The number of esters is 1. The molecule has 0 aromatic rings. The van der Waals surface area contributed by atoms with E-state index in [0.29, 0.717) is 32.4 Å². The molecular formula is C11H15NO6. The predicted molar refractivity (Wildman–Crippen MR) is 59.8 cm³/mol. The summed E-state index contributed by atoms with van der Waals surface area (Å²) in [4.78, 5) is 35.2. The van der Waals surface area contributed by atoms with E-state index in [0.717, 1.165) is 7.11 Å². The zero-order chi connectivity index (χ0) is 13.5. The molecule has 0 bridgehead atoms. The lowest BCUT2D eigenvalue weighted by Crippen LogP contribution is -2.41. The first kappa shape index (κ1) is 14.2. The molecule has 0 aliphatic carbocycles. The van der Waals surface area contributed by atoms with E-state index in [1.54, 1.807) is 0 Å². The fourth-order valence-electron chi connectivity index (χ4n) is 1.55. The summed E-state index contributed by atoms with van der Waals surface area (Å²) in [7, 11) is 1.14. The van der Waals surface area contributed by atoms with Crippen molar-refractivity contribution in [3.63, 3.8) is 0 Å². The van der Waals surface area contributed by atoms with Crippen molar-refractivity contribution >= 4 is 17.8 Å². The summed E-state index contributed by atoms with van der Waals surface area (Å²) < 4.78 is 9.53. The van der Waals surface area contributed by atoms with E-state index in [2.05, 4.69) is 4.74 Å². The number of carbonyl (C=O) groups excluding carboxylic acids is 2. The molecule has 18 heavy (non-hydrogen) atoms. The molecule has 7 heteroatoms. The Kier molecular flexibility index (Phi) is 5.31. The lowest BCUT2D eigenvalue weighted by molar-refractivity contribution is -0.140. The molecule has 7 nitrogen and oxygen atoms in total. The van der Waals surface area contributed by atoms with Crippen LogP contribution in [0.15, 0.2) is 11.6 Å². The molecule has 1 saturated heterocycles. The van der Waals surface area contributed by atoms with Crippen molar-refractivity contribution in [2.45, 2.75) is 6.42 Å². The lowest BCUT2D eigenvalue weighted by atomic mass is 10.1. The van der Waals surface area contributed by atoms with E-state index >= 15 is 0 Å². The Labute approximate surface area is 104 Å². The summed E-state index contributed by atoms with van der Waals surface area (Å²) >= 11 is 0. The summed E-state index contributed by atoms with van der Waals surface area (Å²) in [6, 6.07) is 0. The molecule has 0 aromatic carbocycles. The molecule has 0 aromatic heterocycles. The number of rotatable bonds is 4. The topological polar surface area (TPSA) is 93.1 Å². The minimum absolute atomic E-state index is 0.165. The Hall–Kier alpha value is -1.89. The molecule has 0 saturated carbocycles. The van der Waals surface area contributed by atoms with Gasteiger partial charge in [0.25, 0.3) is 0 Å². The molecule has 1 rings (SSSR count). The van der Waals surface area contributed by atoms with Gasteiger partial charge in [0.05, 0.1) is 32.3 Å². The SMILES string of the molecule is COC(=O)/C(=C/C(=O)O)CC(=O)N1CCOCC1. The van der Waals surface area contributed by atoms with Crippen LogP contribution < -0.4 is 0 Å². The van der Waals surface area contributed by atoms with Crippen LogP contribution in [0.4, 0.5) is 0 Å². The van der Waals surface area contributed by atoms with E-state index in [1.807, 2.05) is 0 Å². The van der Waals surface area contributed by atoms with Crippen LogP contribution in [-0.2, 0) is 23.9 Å². The molecule has 0 unspecified atom stereocenters. The van der Waals surface area contributed by atoms with E-state index < -0.39 is 11.9 Å². The van der Waals surface area contributed by atoms with Crippen molar-refractivity contribution < 1.29 is 29.0 Å². The third-order valence-electron chi connectivity index (χ3n) is 2.45. The molecule has 1 N–H and O–H groups in total. The predicted octanol–water partition coefficient (Wildman–Crippen LogP) is -0.581. The van der Waals surface area contributed by atoms with Gasteiger partial charge in [-0.05, 0) is 0 Å². The molecule has 100 valence electrons. The Morgan fingerprint density at radius 3 is 2.44 bits per heavy atom. The zero-order valence-electron chi connectivity index (χ0n) is 10.0. The highest BCUT2D eigenvalue weighted by atomic mass is 16.5. The smallest absolute Gasteiger partial charge is 0.334 e. The van der Waals surface area contributed by atoms with Gasteiger partial charge in [0.15, 0.2) is 0 Å². The standard InChI is InChI=1S/C11H15NO6/c1-17-11(16)8(7-10(14)15)6-9(13)12-2-4-18-5-3-12/h7H,2-6H2,1H3,(H,14,15)/b8-7+. The van der Waals surface area contributed by atoms with E-state index in [-0.39, 0.29) is 17.9 Å². The van der Waals surface area contributed by atoms with Gasteiger partial charge >= 0.3 is 11.9 Å². The molecular weight excluding hydrogens is 242 g/mol. The largest absolute Gasteiger partial charge is 0.478 e. The highest BCUT2D eigenvalue weighted by Gasteiger charge is 2.21. The fraction of sp³-hybridized carbons (Fsp3) is 0.545. The summed E-state index contributed by atoms with van der Waals surface area (Å²) in [5.74, 6) is -2.40. The van der Waals surface area contributed by atoms with Crippen LogP contribution in [0.3, 0.4) is 0 Å². The first-order valence-electron chi connectivity index (χ1n) is 5.42. The van der Waals surface area contributed by atoms with Crippen molar-refractivity contribution in [3.8, 4) is 0 Å². The van der Waals surface area contributed by atoms with Crippen LogP contribution in [0.25, 0.3) is 0 Å². The second-order valence-electron chi connectivity index (χ2n) is 3.67. The third-order valence-corrected chi connectivity index (χ3v) is 2.45. The highest BCUT2D eigenvalue weighted by Crippen LogP contribution is 2.09. The van der Waals surface area contributed by atoms with Gasteiger partial charge in [-0.1, -0.05) is 0 Å². The van der Waals surface area contributed by atoms with E-state index in [1.165, 1.54) is 4.90 Å². The van der Waals surface area contributed by atoms with Gasteiger partial charge in [-0.25, -0.2) is 9.59 Å². The average molecular weight is 257 g/mol. The van der Waals surface area contributed by atoms with Gasteiger partial charge < -0.3 is 19.5 Å². The number of aliphatic carboxylic acids is 1. The quantitative estimate of drug-likeness (QED) is 0.535. The molecule has 1 fully saturated rings. The lowest BCUT2D eigenvalue weighted by Gasteiger charge is -2.26. The van der Waals surface area contributed by atoms with Crippen molar-refractivity contribution in [1.29, 1.82) is 0 Å². The Balaban J connectivity index is 2.68. The monoisotopic (exact) mass is 257 g/mol. The maximum atomic E-state index is 11.8. The van der Waals surface area contributed by atoms with Gasteiger partial charge in [0, 0.05) is 19.2 Å². The van der Waals surface area contributed by atoms with Gasteiger partial charge in [-0.2, -0.15) is 0 Å². The van der Waals surface area contributed by atoms with Gasteiger partial charge in [-0.15, -0.1) is 0 Å². The number of hydrogen-bond donors (Lipinski definition) is 1. The number of morpholine rings is 1. The number of carbonyl (C=O) groups is 3. The molecule has 1 amide bonds. The number of amides is 1. The van der Waals surface area contributed by atoms with Crippen molar-refractivity contribution in [2.24, 2.45) is 0 Å². The number of hydrogen-bond acceptors (Lipinski definition) is 5. The van der Waals surface area contributed by atoms with Crippen LogP contribution in [-0.4, -0.2) is 61.3 Å². The fourth-order valence-corrected chi connectivity index (χ4v) is 1.55. The van der Waals surface area contributed by atoms with Crippen LogP contribution in [0, 0.1) is 0 Å². The number of nitrogens with zero attached hydrogens (tertiary/aromatic N) is 1. The number of carboxylic acid groups (broad SMARTS) is 1. The normalized spacial score (nSPS) is 16.3. The van der Waals surface area contributed by atoms with Crippen LogP contribution in [0.2, 0.25) is 0 Å². The number of ether oxygens (including phenoxy) is 2. The Morgan fingerprint density at radius 1 is 1.33 bits per heavy atom. The molecule has 1 aliphatic heterocycles. The molecule has 0 radical (unpaired) electrons. The summed E-state index contributed by atoms with van der Waals surface area (Å²) in [5.41, 5.74) is -0.165. The first-order valence-corrected chi connectivity index (χ1v) is 5.42.